The van der Waals surface area contributed by atoms with E-state index in [0.29, 0.717) is 27.1 Å². The number of amidine groups is 1. The molecule has 4 rings (SSSR count). The Bertz CT molecular complexity index is 1290. The largest absolute Gasteiger partial charge is 0.457 e. The first kappa shape index (κ1) is 22.8. The number of hydrogen-bond donors (Lipinski definition) is 1. The molecule has 0 saturated carbocycles. The van der Waals surface area contributed by atoms with Crippen LogP contribution in [-0.4, -0.2) is 11.1 Å². The van der Waals surface area contributed by atoms with E-state index in [0.717, 1.165) is 23.9 Å². The minimum Gasteiger partial charge on any atom is -0.457 e. The maximum Gasteiger partial charge on any atom is 0.417 e. The number of carbonyl (C=O) groups excluding carboxylic acids is 1. The molecule has 1 saturated heterocycles. The van der Waals surface area contributed by atoms with Crippen molar-refractivity contribution in [1.82, 2.24) is 5.32 Å². The number of carbonyl (C=O) groups is 1. The van der Waals surface area contributed by atoms with Gasteiger partial charge in [-0.1, -0.05) is 34.8 Å². The van der Waals surface area contributed by atoms with Gasteiger partial charge in [0.25, 0.3) is 5.91 Å². The number of amides is 1. The lowest BCUT2D eigenvalue weighted by atomic mass is 10.2. The molecule has 2 aromatic carbocycles. The molecule has 1 amide bonds. The van der Waals surface area contributed by atoms with Crippen molar-refractivity contribution >= 4 is 69.4 Å². The van der Waals surface area contributed by atoms with Crippen molar-refractivity contribution in [3.05, 3.63) is 79.8 Å². The normalized spacial score (nSPS) is 16.8. The second-order valence-electron chi connectivity index (χ2n) is 6.47. The highest BCUT2D eigenvalue weighted by molar-refractivity contribution is 8.18. The average molecular weight is 518 g/mol. The fourth-order valence-corrected chi connectivity index (χ4v) is 4.22. The molecule has 1 fully saturated rings. The van der Waals surface area contributed by atoms with Crippen molar-refractivity contribution in [2.75, 3.05) is 0 Å². The summed E-state index contributed by atoms with van der Waals surface area (Å²) in [7, 11) is 0. The molecule has 11 heteroatoms. The molecule has 0 unspecified atom stereocenters. The Hall–Kier alpha value is -2.39. The van der Waals surface area contributed by atoms with Crippen molar-refractivity contribution in [2.24, 2.45) is 4.99 Å². The van der Waals surface area contributed by atoms with Crippen molar-refractivity contribution in [3.8, 4) is 11.3 Å². The summed E-state index contributed by atoms with van der Waals surface area (Å²) in [6.07, 6.45) is -3.12. The molecule has 1 aliphatic heterocycles. The van der Waals surface area contributed by atoms with Crippen LogP contribution in [0.2, 0.25) is 15.1 Å². The fourth-order valence-electron chi connectivity index (χ4n) is 2.79. The second-order valence-corrected chi connectivity index (χ2v) is 8.75. The first-order chi connectivity index (χ1) is 15.1. The van der Waals surface area contributed by atoms with Crippen LogP contribution < -0.4 is 5.32 Å². The quantitative estimate of drug-likeness (QED) is 0.360. The third kappa shape index (κ3) is 4.99. The van der Waals surface area contributed by atoms with E-state index >= 15 is 0 Å². The zero-order chi connectivity index (χ0) is 23.0. The summed E-state index contributed by atoms with van der Waals surface area (Å²) in [5, 5.41) is 3.15. The zero-order valence-electron chi connectivity index (χ0n) is 15.6. The molecule has 3 aromatic rings. The van der Waals surface area contributed by atoms with Crippen LogP contribution in [0, 0.1) is 0 Å². The third-order valence-electron chi connectivity index (χ3n) is 4.23. The summed E-state index contributed by atoms with van der Waals surface area (Å²) in [4.78, 5) is 16.6. The summed E-state index contributed by atoms with van der Waals surface area (Å²) in [5.41, 5.74) is -0.409. The predicted molar refractivity (Wildman–Crippen MR) is 121 cm³/mol. The monoisotopic (exact) mass is 516 g/mol. The van der Waals surface area contributed by atoms with Gasteiger partial charge in [0.1, 0.15) is 11.5 Å². The number of halogens is 6. The van der Waals surface area contributed by atoms with Crippen LogP contribution in [0.5, 0.6) is 0 Å². The van der Waals surface area contributed by atoms with E-state index in [1.165, 1.54) is 12.1 Å². The van der Waals surface area contributed by atoms with Crippen molar-refractivity contribution < 1.29 is 22.4 Å². The Morgan fingerprint density at radius 1 is 1.00 bits per heavy atom. The van der Waals surface area contributed by atoms with Crippen molar-refractivity contribution in [2.45, 2.75) is 6.18 Å². The Kier molecular flexibility index (Phi) is 6.31. The van der Waals surface area contributed by atoms with Crippen molar-refractivity contribution in [1.29, 1.82) is 0 Å². The summed E-state index contributed by atoms with van der Waals surface area (Å²) in [6, 6.07) is 11.5. The highest BCUT2D eigenvalue weighted by Crippen LogP contribution is 2.38. The molecule has 1 N–H and O–H groups in total. The standard InChI is InChI=1S/C21H10Cl3F3N2O2S/c22-10-1-4-15(23)13(7-10)17-6-3-12(31-17)9-18-19(30)29-20(32-18)28-11-2-5-16(24)14(8-11)21(25,26)27/h1-9H,(H,28,29,30). The van der Waals surface area contributed by atoms with Crippen LogP contribution in [0.1, 0.15) is 11.3 Å². The average Bonchev–Trinajstić information content (AvgIpc) is 3.31. The number of furan rings is 1. The van der Waals surface area contributed by atoms with E-state index in [1.54, 1.807) is 30.3 Å². The number of aliphatic imine (C=N–C) groups is 1. The number of nitrogens with zero attached hydrogens (tertiary/aromatic N) is 1. The molecule has 164 valence electrons. The molecule has 2 heterocycles. The molecular formula is C21H10Cl3F3N2O2S. The molecule has 0 atom stereocenters. The molecule has 0 radical (unpaired) electrons. The van der Waals surface area contributed by atoms with Crippen LogP contribution in [0.4, 0.5) is 18.9 Å². The number of thioether (sulfide) groups is 1. The summed E-state index contributed by atoms with van der Waals surface area (Å²) >= 11 is 18.8. The van der Waals surface area contributed by atoms with Gasteiger partial charge in [-0.3, -0.25) is 4.79 Å². The Morgan fingerprint density at radius 2 is 1.75 bits per heavy atom. The number of hydrogen-bond acceptors (Lipinski definition) is 4. The maximum absolute atomic E-state index is 13.0. The smallest absolute Gasteiger partial charge is 0.417 e. The predicted octanol–water partition coefficient (Wildman–Crippen LogP) is 7.82. The van der Waals surface area contributed by atoms with E-state index in [4.69, 9.17) is 39.2 Å². The van der Waals surface area contributed by atoms with Crippen LogP contribution in [-0.2, 0) is 11.0 Å². The lowest BCUT2D eigenvalue weighted by Gasteiger charge is -2.09. The first-order valence-electron chi connectivity index (χ1n) is 8.82. The van der Waals surface area contributed by atoms with Gasteiger partial charge in [0.2, 0.25) is 0 Å². The van der Waals surface area contributed by atoms with E-state index in [1.807, 2.05) is 0 Å². The number of alkyl halides is 3. The number of rotatable bonds is 3. The Balaban J connectivity index is 1.57. The van der Waals surface area contributed by atoms with E-state index in [-0.39, 0.29) is 15.8 Å². The highest BCUT2D eigenvalue weighted by atomic mass is 35.5. The number of benzene rings is 2. The molecule has 32 heavy (non-hydrogen) atoms. The fraction of sp³-hybridized carbons (Fsp3) is 0.0476. The van der Waals surface area contributed by atoms with Crippen LogP contribution in [0.3, 0.4) is 0 Å². The summed E-state index contributed by atoms with van der Waals surface area (Å²) in [6.45, 7) is 0. The molecule has 0 aliphatic carbocycles. The van der Waals surface area contributed by atoms with Gasteiger partial charge >= 0.3 is 6.18 Å². The van der Waals surface area contributed by atoms with Gasteiger partial charge in [0, 0.05) is 16.7 Å². The minimum atomic E-state index is -4.62. The summed E-state index contributed by atoms with van der Waals surface area (Å²) < 4.78 is 44.9. The number of nitrogens with one attached hydrogen (secondary N) is 1. The van der Waals surface area contributed by atoms with Crippen LogP contribution in [0.15, 0.2) is 62.8 Å². The molecule has 0 spiro atoms. The van der Waals surface area contributed by atoms with Gasteiger partial charge in [0.15, 0.2) is 5.17 Å². The highest BCUT2D eigenvalue weighted by Gasteiger charge is 2.33. The maximum atomic E-state index is 13.0. The lowest BCUT2D eigenvalue weighted by Crippen LogP contribution is -2.19. The second kappa shape index (κ2) is 8.86. The molecule has 0 bridgehead atoms. The molecule has 1 aliphatic rings. The third-order valence-corrected chi connectivity index (χ3v) is 6.04. The molecule has 1 aromatic heterocycles. The Morgan fingerprint density at radius 3 is 2.50 bits per heavy atom. The van der Waals surface area contributed by atoms with E-state index < -0.39 is 22.7 Å². The van der Waals surface area contributed by atoms with E-state index in [2.05, 4.69) is 10.3 Å². The van der Waals surface area contributed by atoms with Gasteiger partial charge in [0.05, 0.1) is 26.2 Å². The van der Waals surface area contributed by atoms with Crippen LogP contribution >= 0.6 is 46.6 Å². The van der Waals surface area contributed by atoms with Crippen molar-refractivity contribution in [3.63, 3.8) is 0 Å². The SMILES string of the molecule is O=C1NC(=Nc2ccc(Cl)c(C(F)(F)F)c2)SC1=Cc1ccc(-c2cc(Cl)ccc2Cl)o1. The molecule has 4 nitrogen and oxygen atoms in total. The first-order valence-corrected chi connectivity index (χ1v) is 10.8. The Labute approximate surface area is 199 Å². The minimum absolute atomic E-state index is 0.00154. The van der Waals surface area contributed by atoms with Gasteiger partial charge in [-0.05, 0) is 60.3 Å². The molecular weight excluding hydrogens is 508 g/mol. The topological polar surface area (TPSA) is 54.6 Å². The zero-order valence-corrected chi connectivity index (χ0v) is 18.7. The summed E-state index contributed by atoms with van der Waals surface area (Å²) in [5.74, 6) is 0.376. The lowest BCUT2D eigenvalue weighted by molar-refractivity contribution is -0.137. The van der Waals surface area contributed by atoms with Gasteiger partial charge in [-0.15, -0.1) is 0 Å². The van der Waals surface area contributed by atoms with Gasteiger partial charge in [-0.25, -0.2) is 4.99 Å². The van der Waals surface area contributed by atoms with Gasteiger partial charge < -0.3 is 9.73 Å². The van der Waals surface area contributed by atoms with E-state index in [9.17, 15) is 18.0 Å². The van der Waals surface area contributed by atoms with Crippen LogP contribution in [0.25, 0.3) is 17.4 Å². The van der Waals surface area contributed by atoms with Gasteiger partial charge in [-0.2, -0.15) is 13.2 Å².